The summed E-state index contributed by atoms with van der Waals surface area (Å²) in [5.74, 6) is 0.237. The van der Waals surface area contributed by atoms with Gasteiger partial charge in [-0.1, -0.05) is 17.1 Å². The Kier molecular flexibility index (Phi) is 3.90. The second kappa shape index (κ2) is 4.71. The highest BCUT2D eigenvalue weighted by Crippen LogP contribution is 2.24. The molecule has 4 heteroatoms. The van der Waals surface area contributed by atoms with Crippen LogP contribution in [0, 0.1) is 6.92 Å². The Morgan fingerprint density at radius 2 is 1.76 bits per heavy atom. The van der Waals surface area contributed by atoms with Gasteiger partial charge in [-0.2, -0.15) is 0 Å². The molecule has 0 saturated heterocycles. The van der Waals surface area contributed by atoms with Crippen molar-refractivity contribution in [2.24, 2.45) is 0 Å². The summed E-state index contributed by atoms with van der Waals surface area (Å²) in [5, 5.41) is 19.3. The molecule has 0 aromatic heterocycles. The van der Waals surface area contributed by atoms with Crippen LogP contribution >= 0.6 is 0 Å². The molecule has 0 saturated carbocycles. The van der Waals surface area contributed by atoms with Crippen molar-refractivity contribution >= 4 is 12.9 Å². The van der Waals surface area contributed by atoms with Crippen molar-refractivity contribution in [2.45, 2.75) is 45.8 Å². The number of aryl methyl sites for hydroxylation is 1. The number of phenols is 1. The largest absolute Gasteiger partial charge is 0.508 e. The molecule has 0 fully saturated rings. The molecule has 0 atom stereocenters. The van der Waals surface area contributed by atoms with Crippen molar-refractivity contribution in [3.05, 3.63) is 23.8 Å². The van der Waals surface area contributed by atoms with E-state index in [0.29, 0.717) is 0 Å². The topological polar surface area (TPSA) is 49.7 Å². The molecular formula is C13H20BO3. The second-order valence-corrected chi connectivity index (χ2v) is 5.35. The quantitative estimate of drug-likeness (QED) is 0.777. The summed E-state index contributed by atoms with van der Waals surface area (Å²) in [5.41, 5.74) is 0.197. The van der Waals surface area contributed by atoms with Crippen LogP contribution in [-0.2, 0) is 4.65 Å². The smallest absolute Gasteiger partial charge is 0.331 e. The normalized spacial score (nSPS) is 12.6. The molecule has 0 aliphatic carbocycles. The lowest BCUT2D eigenvalue weighted by Crippen LogP contribution is -2.49. The minimum atomic E-state index is -0.936. The van der Waals surface area contributed by atoms with E-state index >= 15 is 0 Å². The highest BCUT2D eigenvalue weighted by atomic mass is 16.5. The van der Waals surface area contributed by atoms with Crippen LogP contribution in [0.25, 0.3) is 0 Å². The predicted molar refractivity (Wildman–Crippen MR) is 69.7 cm³/mol. The molecule has 3 nitrogen and oxygen atoms in total. The molecule has 0 aliphatic rings. The van der Waals surface area contributed by atoms with Gasteiger partial charge >= 0.3 is 7.48 Å². The van der Waals surface area contributed by atoms with Gasteiger partial charge in [0.25, 0.3) is 0 Å². The van der Waals surface area contributed by atoms with Gasteiger partial charge in [0.15, 0.2) is 0 Å². The van der Waals surface area contributed by atoms with Crippen LogP contribution in [0.15, 0.2) is 18.2 Å². The molecule has 0 aliphatic heterocycles. The highest BCUT2D eigenvalue weighted by Gasteiger charge is 2.35. The SMILES string of the molecule is Cc1cc(O)ccc1[B]OC(C)(C)C(C)(C)O. The summed E-state index contributed by atoms with van der Waals surface area (Å²) in [6.45, 7) is 8.99. The zero-order valence-electron chi connectivity index (χ0n) is 11.1. The minimum Gasteiger partial charge on any atom is -0.508 e. The van der Waals surface area contributed by atoms with Gasteiger partial charge in [-0.3, -0.25) is 0 Å². The third-order valence-electron chi connectivity index (χ3n) is 3.21. The molecule has 2 N–H and O–H groups in total. The van der Waals surface area contributed by atoms with E-state index in [4.69, 9.17) is 4.65 Å². The fraction of sp³-hybridized carbons (Fsp3) is 0.538. The number of benzene rings is 1. The molecule has 93 valence electrons. The number of aromatic hydroxyl groups is 1. The molecule has 1 aromatic rings. The summed E-state index contributed by atoms with van der Waals surface area (Å²) in [4.78, 5) is 0. The third-order valence-corrected chi connectivity index (χ3v) is 3.21. The maximum Gasteiger partial charge on any atom is 0.331 e. The summed E-state index contributed by atoms with van der Waals surface area (Å²) in [6.07, 6.45) is 0. The Labute approximate surface area is 104 Å². The van der Waals surface area contributed by atoms with E-state index < -0.39 is 11.2 Å². The van der Waals surface area contributed by atoms with Gasteiger partial charge < -0.3 is 14.9 Å². The van der Waals surface area contributed by atoms with Crippen LogP contribution < -0.4 is 5.46 Å². The predicted octanol–water partition coefficient (Wildman–Crippen LogP) is 1.51. The first-order chi connectivity index (χ1) is 7.63. The molecule has 17 heavy (non-hydrogen) atoms. The molecule has 0 bridgehead atoms. The summed E-state index contributed by atoms with van der Waals surface area (Å²) >= 11 is 0. The van der Waals surface area contributed by atoms with Gasteiger partial charge in [0.05, 0.1) is 11.2 Å². The lowest BCUT2D eigenvalue weighted by Gasteiger charge is -2.37. The monoisotopic (exact) mass is 235 g/mol. The average Bonchev–Trinajstić information content (AvgIpc) is 2.14. The highest BCUT2D eigenvalue weighted by molar-refractivity contribution is 6.47. The number of hydrogen-bond acceptors (Lipinski definition) is 3. The molecule has 0 spiro atoms. The Morgan fingerprint density at radius 1 is 1.18 bits per heavy atom. The summed E-state index contributed by atoms with van der Waals surface area (Å²) in [6, 6.07) is 5.07. The number of rotatable bonds is 4. The van der Waals surface area contributed by atoms with Crippen molar-refractivity contribution < 1.29 is 14.9 Å². The molecule has 1 radical (unpaired) electrons. The number of aliphatic hydroxyl groups is 1. The van der Waals surface area contributed by atoms with E-state index in [1.54, 1.807) is 39.5 Å². The average molecular weight is 235 g/mol. The molecule has 1 rings (SSSR count). The first-order valence-electron chi connectivity index (χ1n) is 5.66. The zero-order chi connectivity index (χ0) is 13.3. The molecule has 0 unspecified atom stereocenters. The Hall–Kier alpha value is -0.995. The maximum absolute atomic E-state index is 9.95. The van der Waals surface area contributed by atoms with E-state index in [2.05, 4.69) is 0 Å². The van der Waals surface area contributed by atoms with E-state index in [-0.39, 0.29) is 5.75 Å². The molecular weight excluding hydrogens is 215 g/mol. The van der Waals surface area contributed by atoms with Crippen molar-refractivity contribution in [1.29, 1.82) is 0 Å². The van der Waals surface area contributed by atoms with Gasteiger partial charge in [-0.25, -0.2) is 0 Å². The molecule has 1 aromatic carbocycles. The van der Waals surface area contributed by atoms with Crippen LogP contribution in [0.5, 0.6) is 5.75 Å². The number of phenolic OH excluding ortho intramolecular Hbond substituents is 1. The van der Waals surface area contributed by atoms with E-state index in [9.17, 15) is 10.2 Å². The third kappa shape index (κ3) is 3.48. The minimum absolute atomic E-state index is 0.237. The first-order valence-corrected chi connectivity index (χ1v) is 5.66. The summed E-state index contributed by atoms with van der Waals surface area (Å²) < 4.78 is 5.64. The second-order valence-electron chi connectivity index (χ2n) is 5.35. The molecule has 0 amide bonds. The van der Waals surface area contributed by atoms with Crippen molar-refractivity contribution in [2.75, 3.05) is 0 Å². The van der Waals surface area contributed by atoms with Crippen molar-refractivity contribution in [3.63, 3.8) is 0 Å². The lowest BCUT2D eigenvalue weighted by molar-refractivity contribution is -0.0893. The zero-order valence-corrected chi connectivity index (χ0v) is 11.1. The number of hydrogen-bond donors (Lipinski definition) is 2. The van der Waals surface area contributed by atoms with Crippen molar-refractivity contribution in [3.8, 4) is 5.75 Å². The fourth-order valence-corrected chi connectivity index (χ4v) is 1.15. The van der Waals surface area contributed by atoms with Gasteiger partial charge in [-0.05, 0) is 46.8 Å². The van der Waals surface area contributed by atoms with Crippen LogP contribution in [0.3, 0.4) is 0 Å². The van der Waals surface area contributed by atoms with Gasteiger partial charge in [-0.15, -0.1) is 0 Å². The van der Waals surface area contributed by atoms with E-state index in [1.165, 1.54) is 0 Å². The molecule has 0 heterocycles. The fourth-order valence-electron chi connectivity index (χ4n) is 1.15. The van der Waals surface area contributed by atoms with E-state index in [1.807, 2.05) is 20.8 Å². The lowest BCUT2D eigenvalue weighted by atomic mass is 9.80. The van der Waals surface area contributed by atoms with Crippen LogP contribution in [-0.4, -0.2) is 28.9 Å². The van der Waals surface area contributed by atoms with E-state index in [0.717, 1.165) is 11.0 Å². The Balaban J connectivity index is 2.74. The standard InChI is InChI=1S/C13H20BO3/c1-9-8-10(15)6-7-11(9)14-17-13(4,5)12(2,3)16/h6-8,15-16H,1-5H3. The first kappa shape index (κ1) is 14.1. The van der Waals surface area contributed by atoms with Gasteiger partial charge in [0.2, 0.25) is 0 Å². The Bertz CT molecular complexity index is 394. The maximum atomic E-state index is 9.95. The van der Waals surface area contributed by atoms with Crippen LogP contribution in [0.4, 0.5) is 0 Å². The Morgan fingerprint density at radius 3 is 2.24 bits per heavy atom. The van der Waals surface area contributed by atoms with Crippen LogP contribution in [0.1, 0.15) is 33.3 Å². The van der Waals surface area contributed by atoms with Crippen molar-refractivity contribution in [1.82, 2.24) is 0 Å². The van der Waals surface area contributed by atoms with Crippen LogP contribution in [0.2, 0.25) is 0 Å². The summed E-state index contributed by atoms with van der Waals surface area (Å²) in [7, 11) is 1.62. The van der Waals surface area contributed by atoms with Gasteiger partial charge in [0.1, 0.15) is 5.75 Å². The van der Waals surface area contributed by atoms with Gasteiger partial charge in [0, 0.05) is 0 Å².